The van der Waals surface area contributed by atoms with Gasteiger partial charge >= 0.3 is 5.97 Å². The molecule has 4 nitrogen and oxygen atoms in total. The van der Waals surface area contributed by atoms with Crippen molar-refractivity contribution in [3.63, 3.8) is 0 Å². The van der Waals surface area contributed by atoms with Crippen molar-refractivity contribution < 1.29 is 19.4 Å². The van der Waals surface area contributed by atoms with E-state index >= 15 is 0 Å². The number of ether oxygens (including phenoxy) is 1. The first kappa shape index (κ1) is 12.1. The van der Waals surface area contributed by atoms with E-state index in [1.807, 2.05) is 12.1 Å². The average Bonchev–Trinajstić information content (AvgIpc) is 2.96. The van der Waals surface area contributed by atoms with Crippen LogP contribution in [0, 0.1) is 5.92 Å². The number of fused-ring (bicyclic) bond motifs is 1. The van der Waals surface area contributed by atoms with E-state index in [1.165, 1.54) is 0 Å². The predicted octanol–water partition coefficient (Wildman–Crippen LogP) is 2.36. The molecule has 3 rings (SSSR count). The summed E-state index contributed by atoms with van der Waals surface area (Å²) in [7, 11) is 0. The van der Waals surface area contributed by atoms with Crippen molar-refractivity contribution in [2.75, 3.05) is 0 Å². The highest BCUT2D eigenvalue weighted by molar-refractivity contribution is 5.89. The van der Waals surface area contributed by atoms with Crippen LogP contribution in [-0.2, 0) is 9.53 Å². The molecule has 4 heteroatoms. The molecule has 0 saturated carbocycles. The third-order valence-electron chi connectivity index (χ3n) is 3.86. The molecule has 19 heavy (non-hydrogen) atoms. The Hall–Kier alpha value is -1.94. The molecule has 1 fully saturated rings. The Morgan fingerprint density at radius 2 is 2.16 bits per heavy atom. The number of carboxylic acid groups (broad SMARTS) is 1. The summed E-state index contributed by atoms with van der Waals surface area (Å²) in [6, 6.07) is 6.94. The zero-order valence-corrected chi connectivity index (χ0v) is 10.3. The average molecular weight is 258 g/mol. The summed E-state index contributed by atoms with van der Waals surface area (Å²) in [6.07, 6.45) is 4.05. The van der Waals surface area contributed by atoms with Gasteiger partial charge in [-0.05, 0) is 23.6 Å². The van der Waals surface area contributed by atoms with Crippen LogP contribution < -0.4 is 0 Å². The van der Waals surface area contributed by atoms with Crippen molar-refractivity contribution in [1.82, 2.24) is 0 Å². The number of hydrogen-bond donors (Lipinski definition) is 1. The number of hydrogen-bond acceptors (Lipinski definition) is 3. The minimum absolute atomic E-state index is 0.0204. The standard InChI is InChI=1S/C15H14O4/c16-8-9-5-10-7-14(19-13(10)6-9)11-3-1-2-4-12(11)15(17)18/h1-5,8,10,13-14H,6-7H2,(H,17,18)/t10-,13-,14?/m0/s1. The Kier molecular flexibility index (Phi) is 2.95. The highest BCUT2D eigenvalue weighted by Crippen LogP contribution is 2.44. The van der Waals surface area contributed by atoms with E-state index in [0.29, 0.717) is 12.0 Å². The van der Waals surface area contributed by atoms with Crippen LogP contribution in [0.3, 0.4) is 0 Å². The fourth-order valence-electron chi connectivity index (χ4n) is 2.98. The minimum atomic E-state index is -0.930. The molecule has 1 aromatic carbocycles. The molecule has 2 aliphatic rings. The molecule has 1 aliphatic heterocycles. The van der Waals surface area contributed by atoms with Crippen LogP contribution in [0.25, 0.3) is 0 Å². The van der Waals surface area contributed by atoms with Crippen molar-refractivity contribution in [1.29, 1.82) is 0 Å². The maximum atomic E-state index is 11.2. The van der Waals surface area contributed by atoms with Gasteiger partial charge in [-0.25, -0.2) is 4.79 Å². The molecule has 1 N–H and O–H groups in total. The van der Waals surface area contributed by atoms with Crippen LogP contribution in [0.4, 0.5) is 0 Å². The van der Waals surface area contributed by atoms with E-state index < -0.39 is 5.97 Å². The van der Waals surface area contributed by atoms with Gasteiger partial charge in [0.05, 0.1) is 17.8 Å². The Morgan fingerprint density at radius 3 is 2.84 bits per heavy atom. The van der Waals surface area contributed by atoms with E-state index in [1.54, 1.807) is 18.2 Å². The summed E-state index contributed by atoms with van der Waals surface area (Å²) < 4.78 is 5.92. The van der Waals surface area contributed by atoms with Gasteiger partial charge in [-0.3, -0.25) is 4.79 Å². The second-order valence-corrected chi connectivity index (χ2v) is 5.02. The van der Waals surface area contributed by atoms with Crippen molar-refractivity contribution in [2.45, 2.75) is 25.0 Å². The summed E-state index contributed by atoms with van der Waals surface area (Å²) in [4.78, 5) is 21.9. The molecule has 3 atom stereocenters. The second-order valence-electron chi connectivity index (χ2n) is 5.02. The Balaban J connectivity index is 1.85. The predicted molar refractivity (Wildman–Crippen MR) is 67.9 cm³/mol. The zero-order valence-electron chi connectivity index (χ0n) is 10.3. The molecule has 1 heterocycles. The van der Waals surface area contributed by atoms with Crippen LogP contribution in [0.5, 0.6) is 0 Å². The number of carbonyl (C=O) groups is 2. The van der Waals surface area contributed by atoms with Crippen LogP contribution >= 0.6 is 0 Å². The number of aromatic carboxylic acids is 1. The van der Waals surface area contributed by atoms with Gasteiger partial charge in [-0.2, -0.15) is 0 Å². The van der Waals surface area contributed by atoms with Gasteiger partial charge in [0.15, 0.2) is 0 Å². The zero-order chi connectivity index (χ0) is 13.4. The normalized spacial score (nSPS) is 28.8. The number of aldehydes is 1. The van der Waals surface area contributed by atoms with Gasteiger partial charge in [0.1, 0.15) is 6.29 Å². The number of rotatable bonds is 3. The van der Waals surface area contributed by atoms with E-state index in [4.69, 9.17) is 4.74 Å². The summed E-state index contributed by atoms with van der Waals surface area (Å²) in [5.41, 5.74) is 1.82. The molecular formula is C15H14O4. The maximum Gasteiger partial charge on any atom is 0.336 e. The molecule has 0 bridgehead atoms. The molecule has 98 valence electrons. The topological polar surface area (TPSA) is 63.6 Å². The SMILES string of the molecule is O=CC1=C[C@H]2CC(c3ccccc3C(=O)O)O[C@H]2C1. The molecule has 0 amide bonds. The first-order valence-corrected chi connectivity index (χ1v) is 6.32. The molecular weight excluding hydrogens is 244 g/mol. The van der Waals surface area contributed by atoms with E-state index in [9.17, 15) is 14.7 Å². The van der Waals surface area contributed by atoms with Gasteiger partial charge in [0, 0.05) is 12.3 Å². The molecule has 1 aliphatic carbocycles. The third kappa shape index (κ3) is 2.08. The van der Waals surface area contributed by atoms with Crippen LogP contribution in [-0.4, -0.2) is 23.5 Å². The minimum Gasteiger partial charge on any atom is -0.478 e. The lowest BCUT2D eigenvalue weighted by molar-refractivity contribution is -0.105. The summed E-state index contributed by atoms with van der Waals surface area (Å²) in [6.45, 7) is 0. The van der Waals surface area contributed by atoms with Crippen molar-refractivity contribution in [3.05, 3.63) is 47.0 Å². The van der Waals surface area contributed by atoms with Crippen molar-refractivity contribution >= 4 is 12.3 Å². The lowest BCUT2D eigenvalue weighted by atomic mass is 9.96. The fourth-order valence-corrected chi connectivity index (χ4v) is 2.98. The maximum absolute atomic E-state index is 11.2. The van der Waals surface area contributed by atoms with Crippen molar-refractivity contribution in [2.24, 2.45) is 5.92 Å². The monoisotopic (exact) mass is 258 g/mol. The fraction of sp³-hybridized carbons (Fsp3) is 0.333. The Morgan fingerprint density at radius 1 is 1.37 bits per heavy atom. The van der Waals surface area contributed by atoms with Gasteiger partial charge in [-0.15, -0.1) is 0 Å². The summed E-state index contributed by atoms with van der Waals surface area (Å²) in [5, 5.41) is 9.20. The molecule has 0 radical (unpaired) electrons. The largest absolute Gasteiger partial charge is 0.478 e. The molecule has 1 unspecified atom stereocenters. The summed E-state index contributed by atoms with van der Waals surface area (Å²) >= 11 is 0. The highest BCUT2D eigenvalue weighted by Gasteiger charge is 2.39. The molecule has 1 aromatic rings. The van der Waals surface area contributed by atoms with E-state index in [0.717, 1.165) is 23.8 Å². The lowest BCUT2D eigenvalue weighted by Gasteiger charge is -2.15. The van der Waals surface area contributed by atoms with Crippen molar-refractivity contribution in [3.8, 4) is 0 Å². The second kappa shape index (κ2) is 4.63. The first-order valence-electron chi connectivity index (χ1n) is 6.32. The summed E-state index contributed by atoms with van der Waals surface area (Å²) in [5.74, 6) is -0.701. The van der Waals surface area contributed by atoms with Crippen LogP contribution in [0.2, 0.25) is 0 Å². The third-order valence-corrected chi connectivity index (χ3v) is 3.86. The smallest absolute Gasteiger partial charge is 0.336 e. The van der Waals surface area contributed by atoms with E-state index in [-0.39, 0.29) is 18.1 Å². The Bertz CT molecular complexity index is 561. The van der Waals surface area contributed by atoms with Crippen LogP contribution in [0.1, 0.15) is 34.9 Å². The van der Waals surface area contributed by atoms with Gasteiger partial charge < -0.3 is 9.84 Å². The van der Waals surface area contributed by atoms with Gasteiger partial charge in [0.2, 0.25) is 0 Å². The molecule has 0 spiro atoms. The molecule has 1 saturated heterocycles. The quantitative estimate of drug-likeness (QED) is 0.845. The van der Waals surface area contributed by atoms with Gasteiger partial charge in [0.25, 0.3) is 0 Å². The first-order chi connectivity index (χ1) is 9.19. The van der Waals surface area contributed by atoms with E-state index in [2.05, 4.69) is 0 Å². The Labute approximate surface area is 110 Å². The molecule has 0 aromatic heterocycles. The highest BCUT2D eigenvalue weighted by atomic mass is 16.5. The number of carboxylic acids is 1. The number of benzene rings is 1. The number of carbonyl (C=O) groups excluding carboxylic acids is 1. The van der Waals surface area contributed by atoms with Crippen LogP contribution in [0.15, 0.2) is 35.9 Å². The lowest BCUT2D eigenvalue weighted by Crippen LogP contribution is -2.10. The van der Waals surface area contributed by atoms with Gasteiger partial charge in [-0.1, -0.05) is 24.3 Å².